The number of benzene rings is 1. The number of piperazine rings is 1. The SMILES string of the molecule is CC1(C)CC(=O)N(CCCCN2CCN(c3ccccc3)CC2)C(=O)N1. The Morgan fingerprint density at radius 2 is 1.62 bits per heavy atom. The van der Waals surface area contributed by atoms with E-state index in [4.69, 9.17) is 0 Å². The van der Waals surface area contributed by atoms with Crippen molar-refractivity contribution in [1.82, 2.24) is 15.1 Å². The Morgan fingerprint density at radius 3 is 2.27 bits per heavy atom. The zero-order valence-electron chi connectivity index (χ0n) is 15.9. The molecular formula is C20H30N4O2. The number of rotatable bonds is 6. The lowest BCUT2D eigenvalue weighted by Crippen LogP contribution is -2.59. The summed E-state index contributed by atoms with van der Waals surface area (Å²) in [6.45, 7) is 9.53. The number of hydrogen-bond acceptors (Lipinski definition) is 4. The Labute approximate surface area is 156 Å². The lowest BCUT2D eigenvalue weighted by atomic mass is 9.97. The predicted molar refractivity (Wildman–Crippen MR) is 103 cm³/mol. The Balaban J connectivity index is 1.35. The van der Waals surface area contributed by atoms with E-state index < -0.39 is 5.54 Å². The van der Waals surface area contributed by atoms with E-state index in [1.165, 1.54) is 10.6 Å². The molecular weight excluding hydrogens is 328 g/mol. The van der Waals surface area contributed by atoms with E-state index in [1.807, 2.05) is 19.9 Å². The molecule has 1 aromatic rings. The number of anilines is 1. The molecule has 0 unspecified atom stereocenters. The molecule has 142 valence electrons. The number of nitrogens with one attached hydrogen (secondary N) is 1. The van der Waals surface area contributed by atoms with Gasteiger partial charge in [-0.2, -0.15) is 0 Å². The van der Waals surface area contributed by atoms with Crippen molar-refractivity contribution < 1.29 is 9.59 Å². The quantitative estimate of drug-likeness (QED) is 0.793. The van der Waals surface area contributed by atoms with Gasteiger partial charge in [-0.15, -0.1) is 0 Å². The molecule has 6 nitrogen and oxygen atoms in total. The molecule has 1 aromatic carbocycles. The van der Waals surface area contributed by atoms with Gasteiger partial charge in [-0.3, -0.25) is 14.6 Å². The van der Waals surface area contributed by atoms with E-state index in [1.54, 1.807) is 0 Å². The van der Waals surface area contributed by atoms with E-state index in [0.717, 1.165) is 45.6 Å². The highest BCUT2D eigenvalue weighted by atomic mass is 16.2. The first kappa shape index (κ1) is 18.7. The predicted octanol–water partition coefficient (Wildman–Crippen LogP) is 2.31. The largest absolute Gasteiger partial charge is 0.369 e. The Morgan fingerprint density at radius 1 is 0.962 bits per heavy atom. The molecule has 3 rings (SSSR count). The second kappa shape index (κ2) is 8.08. The van der Waals surface area contributed by atoms with Crippen molar-refractivity contribution >= 4 is 17.6 Å². The van der Waals surface area contributed by atoms with Gasteiger partial charge in [-0.25, -0.2) is 4.79 Å². The summed E-state index contributed by atoms with van der Waals surface area (Å²) in [6, 6.07) is 10.3. The average Bonchev–Trinajstić information content (AvgIpc) is 2.61. The van der Waals surface area contributed by atoms with Gasteiger partial charge < -0.3 is 10.2 Å². The van der Waals surface area contributed by atoms with E-state index in [2.05, 4.69) is 39.4 Å². The first-order valence-corrected chi connectivity index (χ1v) is 9.59. The van der Waals surface area contributed by atoms with Crippen LogP contribution < -0.4 is 10.2 Å². The second-order valence-corrected chi connectivity index (χ2v) is 7.91. The molecule has 0 radical (unpaired) electrons. The molecule has 0 saturated carbocycles. The highest BCUT2D eigenvalue weighted by Crippen LogP contribution is 2.18. The third-order valence-corrected chi connectivity index (χ3v) is 5.18. The van der Waals surface area contributed by atoms with Crippen LogP contribution in [0.5, 0.6) is 0 Å². The molecule has 2 saturated heterocycles. The van der Waals surface area contributed by atoms with Gasteiger partial charge in [-0.05, 0) is 45.4 Å². The van der Waals surface area contributed by atoms with Gasteiger partial charge in [0.2, 0.25) is 5.91 Å². The van der Waals surface area contributed by atoms with Crippen LogP contribution in [0.3, 0.4) is 0 Å². The maximum Gasteiger partial charge on any atom is 0.324 e. The molecule has 0 atom stereocenters. The van der Waals surface area contributed by atoms with Gasteiger partial charge in [0.1, 0.15) is 0 Å². The number of amides is 3. The molecule has 0 aromatic heterocycles. The van der Waals surface area contributed by atoms with E-state index in [0.29, 0.717) is 13.0 Å². The molecule has 2 fully saturated rings. The summed E-state index contributed by atoms with van der Waals surface area (Å²) in [4.78, 5) is 30.5. The van der Waals surface area contributed by atoms with Gasteiger partial charge in [0.05, 0.1) is 0 Å². The molecule has 2 aliphatic rings. The second-order valence-electron chi connectivity index (χ2n) is 7.91. The van der Waals surface area contributed by atoms with Crippen molar-refractivity contribution in [2.75, 3.05) is 44.2 Å². The number of hydrogen-bond donors (Lipinski definition) is 1. The lowest BCUT2D eigenvalue weighted by Gasteiger charge is -2.37. The van der Waals surface area contributed by atoms with Gasteiger partial charge >= 0.3 is 6.03 Å². The summed E-state index contributed by atoms with van der Waals surface area (Å²) in [5.41, 5.74) is 0.869. The molecule has 2 heterocycles. The Kier molecular flexibility index (Phi) is 5.81. The maximum absolute atomic E-state index is 12.1. The number of unbranched alkanes of at least 4 members (excludes halogenated alkanes) is 1. The molecule has 3 amide bonds. The maximum atomic E-state index is 12.1. The normalized spacial score (nSPS) is 21.0. The third kappa shape index (κ3) is 4.75. The first-order valence-electron chi connectivity index (χ1n) is 9.59. The highest BCUT2D eigenvalue weighted by molar-refractivity contribution is 5.97. The number of carbonyl (C=O) groups is 2. The fourth-order valence-corrected chi connectivity index (χ4v) is 3.69. The number of carbonyl (C=O) groups excluding carboxylic acids is 2. The van der Waals surface area contributed by atoms with Crippen LogP contribution in [0.2, 0.25) is 0 Å². The zero-order valence-corrected chi connectivity index (χ0v) is 15.9. The van der Waals surface area contributed by atoms with Crippen molar-refractivity contribution in [2.45, 2.75) is 38.6 Å². The zero-order chi connectivity index (χ0) is 18.6. The van der Waals surface area contributed by atoms with E-state index >= 15 is 0 Å². The number of nitrogens with zero attached hydrogens (tertiary/aromatic N) is 3. The third-order valence-electron chi connectivity index (χ3n) is 5.18. The van der Waals surface area contributed by atoms with Crippen LogP contribution in [0.1, 0.15) is 33.1 Å². The van der Waals surface area contributed by atoms with Gasteiger partial charge in [0.15, 0.2) is 0 Å². The summed E-state index contributed by atoms with van der Waals surface area (Å²) in [5.74, 6) is -0.0600. The minimum atomic E-state index is -0.427. The summed E-state index contributed by atoms with van der Waals surface area (Å²) in [7, 11) is 0. The van der Waals surface area contributed by atoms with Crippen LogP contribution in [0.25, 0.3) is 0 Å². The highest BCUT2D eigenvalue weighted by Gasteiger charge is 2.36. The minimum Gasteiger partial charge on any atom is -0.369 e. The van der Waals surface area contributed by atoms with Gasteiger partial charge in [0.25, 0.3) is 0 Å². The van der Waals surface area contributed by atoms with Crippen molar-refractivity contribution in [2.24, 2.45) is 0 Å². The van der Waals surface area contributed by atoms with Crippen LogP contribution in [0.15, 0.2) is 30.3 Å². The Bertz CT molecular complexity index is 604. The van der Waals surface area contributed by atoms with Crippen molar-refractivity contribution in [1.29, 1.82) is 0 Å². The van der Waals surface area contributed by atoms with Crippen molar-refractivity contribution in [3.63, 3.8) is 0 Å². The summed E-state index contributed by atoms with van der Waals surface area (Å²) in [5, 5.41) is 2.90. The van der Waals surface area contributed by atoms with E-state index in [9.17, 15) is 9.59 Å². The summed E-state index contributed by atoms with van der Waals surface area (Å²) in [6.07, 6.45) is 2.24. The molecule has 1 N–H and O–H groups in total. The standard InChI is InChI=1S/C20H30N4O2/c1-20(2)16-18(25)24(19(26)21-20)11-7-6-10-22-12-14-23(15-13-22)17-8-4-3-5-9-17/h3-5,8-9H,6-7,10-16H2,1-2H3,(H,21,26). The molecule has 2 aliphatic heterocycles. The van der Waals surface area contributed by atoms with Crippen LogP contribution in [0, 0.1) is 0 Å². The van der Waals surface area contributed by atoms with Crippen molar-refractivity contribution in [3.05, 3.63) is 30.3 Å². The molecule has 0 spiro atoms. The lowest BCUT2D eigenvalue weighted by molar-refractivity contribution is -0.131. The fourth-order valence-electron chi connectivity index (χ4n) is 3.69. The molecule has 6 heteroatoms. The smallest absolute Gasteiger partial charge is 0.324 e. The molecule has 0 aliphatic carbocycles. The van der Waals surface area contributed by atoms with Crippen molar-refractivity contribution in [3.8, 4) is 0 Å². The van der Waals surface area contributed by atoms with Crippen LogP contribution in [0.4, 0.5) is 10.5 Å². The van der Waals surface area contributed by atoms with Crippen LogP contribution >= 0.6 is 0 Å². The number of imide groups is 1. The molecule has 0 bridgehead atoms. The molecule has 26 heavy (non-hydrogen) atoms. The first-order chi connectivity index (χ1) is 12.4. The van der Waals surface area contributed by atoms with Crippen LogP contribution in [-0.4, -0.2) is 66.5 Å². The van der Waals surface area contributed by atoms with Gasteiger partial charge in [-0.1, -0.05) is 18.2 Å². The number of para-hydroxylation sites is 1. The summed E-state index contributed by atoms with van der Waals surface area (Å²) < 4.78 is 0. The minimum absolute atomic E-state index is 0.0600. The fraction of sp³-hybridized carbons (Fsp3) is 0.600. The Hall–Kier alpha value is -2.08. The van der Waals surface area contributed by atoms with E-state index in [-0.39, 0.29) is 11.9 Å². The number of urea groups is 1. The van der Waals surface area contributed by atoms with Crippen LogP contribution in [-0.2, 0) is 4.79 Å². The topological polar surface area (TPSA) is 55.9 Å². The average molecular weight is 358 g/mol. The monoisotopic (exact) mass is 358 g/mol. The summed E-state index contributed by atoms with van der Waals surface area (Å²) >= 11 is 0. The van der Waals surface area contributed by atoms with Gasteiger partial charge in [0, 0.05) is 50.4 Å².